The third-order valence-electron chi connectivity index (χ3n) is 1.29. The van der Waals surface area contributed by atoms with Gasteiger partial charge in [-0.25, -0.2) is 9.59 Å². The van der Waals surface area contributed by atoms with Crippen molar-refractivity contribution in [3.63, 3.8) is 0 Å². The minimum absolute atomic E-state index is 1.04. The van der Waals surface area contributed by atoms with E-state index in [1.54, 1.807) is 0 Å². The smallest absolute Gasteiger partial charge is 0.405 e. The zero-order chi connectivity index (χ0) is 12.2. The highest BCUT2D eigenvalue weighted by atomic mass is 35.6. The van der Waals surface area contributed by atoms with Gasteiger partial charge in [-0.1, -0.05) is 34.8 Å². The molecule has 4 N–H and O–H groups in total. The molecule has 0 aliphatic rings. The highest BCUT2D eigenvalue weighted by Gasteiger charge is 2.41. The lowest BCUT2D eigenvalue weighted by atomic mass is 10.2. The quantitative estimate of drug-likeness (QED) is 0.760. The lowest BCUT2D eigenvalue weighted by Gasteiger charge is -2.27. The maximum Gasteiger partial charge on any atom is 0.405 e. The molecule has 0 saturated heterocycles. The number of amides is 2. The fourth-order valence-corrected chi connectivity index (χ4v) is 1.46. The molecule has 2 unspecified atom stereocenters. The summed E-state index contributed by atoms with van der Waals surface area (Å²) in [5, 5.41) is 0. The van der Waals surface area contributed by atoms with Crippen molar-refractivity contribution in [2.24, 2.45) is 11.5 Å². The van der Waals surface area contributed by atoms with Crippen LogP contribution in [0.1, 0.15) is 6.92 Å². The van der Waals surface area contributed by atoms with E-state index in [9.17, 15) is 9.59 Å². The third-order valence-corrected chi connectivity index (χ3v) is 1.94. The SMILES string of the molecule is CC(OC(N)=O)C(OC(N)=O)C(Cl)(Cl)Cl. The molecule has 0 aromatic rings. The summed E-state index contributed by atoms with van der Waals surface area (Å²) in [5.74, 6) is 0. The molecule has 0 spiro atoms. The molecule has 88 valence electrons. The molecule has 6 nitrogen and oxygen atoms in total. The van der Waals surface area contributed by atoms with Crippen molar-refractivity contribution in [3.8, 4) is 0 Å². The van der Waals surface area contributed by atoms with Gasteiger partial charge in [-0.05, 0) is 6.92 Å². The average molecular weight is 280 g/mol. The van der Waals surface area contributed by atoms with Gasteiger partial charge in [0.15, 0.2) is 6.10 Å². The van der Waals surface area contributed by atoms with Crippen molar-refractivity contribution in [2.75, 3.05) is 0 Å². The van der Waals surface area contributed by atoms with Gasteiger partial charge < -0.3 is 20.9 Å². The second-order valence-corrected chi connectivity index (χ2v) is 4.91. The lowest BCUT2D eigenvalue weighted by molar-refractivity contribution is 0.00737. The van der Waals surface area contributed by atoms with Crippen LogP contribution in [-0.4, -0.2) is 28.2 Å². The van der Waals surface area contributed by atoms with Crippen LogP contribution in [0.2, 0.25) is 0 Å². The number of ether oxygens (including phenoxy) is 2. The van der Waals surface area contributed by atoms with E-state index in [4.69, 9.17) is 46.3 Å². The van der Waals surface area contributed by atoms with E-state index in [0.717, 1.165) is 0 Å². The second kappa shape index (κ2) is 5.48. The van der Waals surface area contributed by atoms with Gasteiger partial charge >= 0.3 is 12.2 Å². The van der Waals surface area contributed by atoms with E-state index in [0.29, 0.717) is 0 Å². The number of hydrogen-bond donors (Lipinski definition) is 2. The highest BCUT2D eigenvalue weighted by molar-refractivity contribution is 6.68. The van der Waals surface area contributed by atoms with Crippen LogP contribution in [0.4, 0.5) is 9.59 Å². The number of rotatable bonds is 3. The van der Waals surface area contributed by atoms with Crippen molar-refractivity contribution in [2.45, 2.75) is 22.9 Å². The number of halogens is 3. The number of carbonyl (C=O) groups is 2. The fraction of sp³-hybridized carbons (Fsp3) is 0.667. The Morgan fingerprint density at radius 3 is 1.80 bits per heavy atom. The molecule has 0 fully saturated rings. The molecule has 9 heteroatoms. The van der Waals surface area contributed by atoms with Gasteiger partial charge in [0.2, 0.25) is 3.79 Å². The number of nitrogens with two attached hydrogens (primary N) is 2. The standard InChI is InChI=1S/C6H9Cl3N2O4/c1-2(14-4(10)12)3(6(7,8)9)15-5(11)13/h2-3H,1H3,(H2,10,12)(H2,11,13). The number of alkyl halides is 3. The van der Waals surface area contributed by atoms with Crippen LogP contribution in [0.5, 0.6) is 0 Å². The molecule has 0 aromatic carbocycles. The number of hydrogen-bond acceptors (Lipinski definition) is 4. The molecule has 0 aliphatic heterocycles. The van der Waals surface area contributed by atoms with E-state index in [1.165, 1.54) is 6.92 Å². The minimum Gasteiger partial charge on any atom is -0.443 e. The van der Waals surface area contributed by atoms with Crippen molar-refractivity contribution in [1.82, 2.24) is 0 Å². The molecule has 0 aliphatic carbocycles. The first-order valence-corrected chi connectivity index (χ1v) is 4.77. The van der Waals surface area contributed by atoms with Crippen molar-refractivity contribution in [1.29, 1.82) is 0 Å². The van der Waals surface area contributed by atoms with Gasteiger partial charge in [-0.2, -0.15) is 0 Å². The van der Waals surface area contributed by atoms with Crippen LogP contribution >= 0.6 is 34.8 Å². The van der Waals surface area contributed by atoms with Crippen LogP contribution in [-0.2, 0) is 9.47 Å². The van der Waals surface area contributed by atoms with Gasteiger partial charge in [-0.3, -0.25) is 0 Å². The number of carbonyl (C=O) groups excluding carboxylic acids is 2. The highest BCUT2D eigenvalue weighted by Crippen LogP contribution is 2.34. The molecular weight excluding hydrogens is 270 g/mol. The Labute approximate surface area is 101 Å². The first kappa shape index (κ1) is 14.4. The molecule has 0 bridgehead atoms. The summed E-state index contributed by atoms with van der Waals surface area (Å²) in [6, 6.07) is 0. The van der Waals surface area contributed by atoms with E-state index in [-0.39, 0.29) is 0 Å². The molecule has 0 rings (SSSR count). The van der Waals surface area contributed by atoms with Gasteiger partial charge in [0.05, 0.1) is 0 Å². The Bertz CT molecular complexity index is 255. The molecule has 0 aromatic heterocycles. The maximum absolute atomic E-state index is 10.5. The van der Waals surface area contributed by atoms with E-state index in [1.807, 2.05) is 0 Å². The molecule has 0 heterocycles. The van der Waals surface area contributed by atoms with Crippen molar-refractivity contribution < 1.29 is 19.1 Å². The zero-order valence-electron chi connectivity index (χ0n) is 7.58. The molecule has 2 amide bonds. The lowest BCUT2D eigenvalue weighted by Crippen LogP contribution is -2.44. The van der Waals surface area contributed by atoms with Gasteiger partial charge in [0.1, 0.15) is 6.10 Å². The molecule has 0 radical (unpaired) electrons. The molecule has 15 heavy (non-hydrogen) atoms. The van der Waals surface area contributed by atoms with E-state index >= 15 is 0 Å². The summed E-state index contributed by atoms with van der Waals surface area (Å²) in [7, 11) is 0. The van der Waals surface area contributed by atoms with Crippen molar-refractivity contribution >= 4 is 47.0 Å². The normalized spacial score (nSPS) is 15.2. The average Bonchev–Trinajstić information content (AvgIpc) is 1.95. The topological polar surface area (TPSA) is 105 Å². The van der Waals surface area contributed by atoms with Crippen LogP contribution in [0.15, 0.2) is 0 Å². The first-order chi connectivity index (χ1) is 6.64. The first-order valence-electron chi connectivity index (χ1n) is 3.63. The Morgan fingerprint density at radius 2 is 1.53 bits per heavy atom. The monoisotopic (exact) mass is 278 g/mol. The fourth-order valence-electron chi connectivity index (χ4n) is 0.799. The summed E-state index contributed by atoms with van der Waals surface area (Å²) in [6.45, 7) is 1.33. The summed E-state index contributed by atoms with van der Waals surface area (Å²) >= 11 is 16.5. The summed E-state index contributed by atoms with van der Waals surface area (Å²) in [5.41, 5.74) is 9.49. The van der Waals surface area contributed by atoms with Gasteiger partial charge in [-0.15, -0.1) is 0 Å². The molecular formula is C6H9Cl3N2O4. The Hall–Kier alpha value is -0.590. The molecule has 2 atom stereocenters. The Morgan fingerprint density at radius 1 is 1.13 bits per heavy atom. The second-order valence-electron chi connectivity index (χ2n) is 2.54. The van der Waals surface area contributed by atoms with E-state index in [2.05, 4.69) is 9.47 Å². The Balaban J connectivity index is 4.62. The van der Waals surface area contributed by atoms with Crippen LogP contribution in [0.3, 0.4) is 0 Å². The largest absolute Gasteiger partial charge is 0.443 e. The van der Waals surface area contributed by atoms with Crippen molar-refractivity contribution in [3.05, 3.63) is 0 Å². The maximum atomic E-state index is 10.5. The summed E-state index contributed by atoms with van der Waals surface area (Å²) < 4.78 is 7.00. The minimum atomic E-state index is -1.98. The van der Waals surface area contributed by atoms with Gasteiger partial charge in [0.25, 0.3) is 0 Å². The zero-order valence-corrected chi connectivity index (χ0v) is 9.84. The van der Waals surface area contributed by atoms with Crippen LogP contribution in [0, 0.1) is 0 Å². The number of primary amides is 2. The predicted molar refractivity (Wildman–Crippen MR) is 54.9 cm³/mol. The van der Waals surface area contributed by atoms with E-state index < -0.39 is 28.2 Å². The molecule has 0 saturated carbocycles. The Kier molecular flexibility index (Phi) is 5.27. The van der Waals surface area contributed by atoms with Gasteiger partial charge in [0, 0.05) is 0 Å². The predicted octanol–water partition coefficient (Wildman–Crippen LogP) is 1.30. The van der Waals surface area contributed by atoms with Crippen LogP contribution < -0.4 is 11.5 Å². The summed E-state index contributed by atoms with van der Waals surface area (Å²) in [4.78, 5) is 20.9. The summed E-state index contributed by atoms with van der Waals surface area (Å²) in [6.07, 6.45) is -4.63. The van der Waals surface area contributed by atoms with Crippen LogP contribution in [0.25, 0.3) is 0 Å². The third kappa shape index (κ3) is 5.76.